The number of hydrogen-bond acceptors (Lipinski definition) is 3. The molecule has 0 bridgehead atoms. The quantitative estimate of drug-likeness (QED) is 0.760. The van der Waals surface area contributed by atoms with Crippen LogP contribution in [-0.4, -0.2) is 36.9 Å². The van der Waals surface area contributed by atoms with E-state index in [1.165, 1.54) is 12.1 Å². The lowest BCUT2D eigenvalue weighted by atomic mass is 10.1. The zero-order valence-electron chi connectivity index (χ0n) is 11.9. The van der Waals surface area contributed by atoms with E-state index >= 15 is 0 Å². The molecule has 0 aromatic heterocycles. The molecule has 1 rings (SSSR count). The van der Waals surface area contributed by atoms with Crippen LogP contribution in [0.5, 0.6) is 0 Å². The SMILES string of the molecule is CC(C)COCC(O)CNC(=O)Cc1cccc(F)c1. The van der Waals surface area contributed by atoms with Gasteiger partial charge in [0.1, 0.15) is 5.82 Å². The van der Waals surface area contributed by atoms with Crippen molar-refractivity contribution in [2.45, 2.75) is 26.4 Å². The lowest BCUT2D eigenvalue weighted by molar-refractivity contribution is -0.121. The average molecular weight is 283 g/mol. The normalized spacial score (nSPS) is 12.4. The van der Waals surface area contributed by atoms with Crippen LogP contribution < -0.4 is 5.32 Å². The van der Waals surface area contributed by atoms with Gasteiger partial charge in [0.25, 0.3) is 0 Å². The zero-order chi connectivity index (χ0) is 15.0. The second-order valence-corrected chi connectivity index (χ2v) is 5.20. The Morgan fingerprint density at radius 3 is 2.80 bits per heavy atom. The number of carbonyl (C=O) groups excluding carboxylic acids is 1. The summed E-state index contributed by atoms with van der Waals surface area (Å²) in [6, 6.07) is 5.90. The van der Waals surface area contributed by atoms with Gasteiger partial charge < -0.3 is 15.2 Å². The van der Waals surface area contributed by atoms with Gasteiger partial charge in [-0.3, -0.25) is 4.79 Å². The number of ether oxygens (including phenoxy) is 1. The van der Waals surface area contributed by atoms with Crippen molar-refractivity contribution in [1.82, 2.24) is 5.32 Å². The summed E-state index contributed by atoms with van der Waals surface area (Å²) in [6.07, 6.45) is -0.637. The average Bonchev–Trinajstić information content (AvgIpc) is 2.36. The lowest BCUT2D eigenvalue weighted by Gasteiger charge is -2.13. The summed E-state index contributed by atoms with van der Waals surface area (Å²) in [4.78, 5) is 11.6. The second kappa shape index (κ2) is 8.66. The van der Waals surface area contributed by atoms with Crippen LogP contribution in [0.15, 0.2) is 24.3 Å². The minimum absolute atomic E-state index is 0.0946. The van der Waals surface area contributed by atoms with Gasteiger partial charge in [-0.05, 0) is 23.6 Å². The van der Waals surface area contributed by atoms with Gasteiger partial charge in [0, 0.05) is 13.2 Å². The van der Waals surface area contributed by atoms with E-state index in [2.05, 4.69) is 5.32 Å². The number of hydrogen-bond donors (Lipinski definition) is 2. The highest BCUT2D eigenvalue weighted by molar-refractivity contribution is 5.78. The molecule has 1 atom stereocenters. The number of aliphatic hydroxyl groups excluding tert-OH is 1. The number of nitrogens with one attached hydrogen (secondary N) is 1. The molecule has 0 saturated heterocycles. The molecule has 0 fully saturated rings. The highest BCUT2D eigenvalue weighted by atomic mass is 19.1. The fourth-order valence-corrected chi connectivity index (χ4v) is 1.63. The van der Waals surface area contributed by atoms with Gasteiger partial charge in [-0.25, -0.2) is 4.39 Å². The third kappa shape index (κ3) is 7.21. The van der Waals surface area contributed by atoms with Gasteiger partial charge in [-0.2, -0.15) is 0 Å². The monoisotopic (exact) mass is 283 g/mol. The zero-order valence-corrected chi connectivity index (χ0v) is 11.9. The molecule has 1 amide bonds. The topological polar surface area (TPSA) is 58.6 Å². The Morgan fingerprint density at radius 1 is 1.40 bits per heavy atom. The van der Waals surface area contributed by atoms with Gasteiger partial charge in [0.15, 0.2) is 0 Å². The van der Waals surface area contributed by atoms with Crippen LogP contribution in [0.3, 0.4) is 0 Å². The molecule has 20 heavy (non-hydrogen) atoms. The molecule has 1 aromatic rings. The molecule has 0 saturated carbocycles. The lowest BCUT2D eigenvalue weighted by Crippen LogP contribution is -2.35. The number of rotatable bonds is 8. The Bertz CT molecular complexity index is 423. The Hall–Kier alpha value is -1.46. The molecule has 0 aliphatic rings. The first-order chi connectivity index (χ1) is 9.47. The molecule has 1 aromatic carbocycles. The third-order valence-corrected chi connectivity index (χ3v) is 2.55. The highest BCUT2D eigenvalue weighted by Crippen LogP contribution is 2.04. The maximum atomic E-state index is 12.9. The van der Waals surface area contributed by atoms with E-state index in [1.807, 2.05) is 13.8 Å². The van der Waals surface area contributed by atoms with E-state index in [4.69, 9.17) is 4.74 Å². The first-order valence-corrected chi connectivity index (χ1v) is 6.74. The molecule has 0 heterocycles. The van der Waals surface area contributed by atoms with Gasteiger partial charge in [0.2, 0.25) is 5.91 Å². The van der Waals surface area contributed by atoms with Crippen LogP contribution in [0.25, 0.3) is 0 Å². The first-order valence-electron chi connectivity index (χ1n) is 6.74. The summed E-state index contributed by atoms with van der Waals surface area (Å²) < 4.78 is 18.2. The summed E-state index contributed by atoms with van der Waals surface area (Å²) in [5.74, 6) is -0.208. The third-order valence-electron chi connectivity index (χ3n) is 2.55. The van der Waals surface area contributed by atoms with Crippen LogP contribution in [0.1, 0.15) is 19.4 Å². The van der Waals surface area contributed by atoms with Gasteiger partial charge in [0.05, 0.1) is 19.1 Å². The molecule has 1 unspecified atom stereocenters. The molecule has 4 nitrogen and oxygen atoms in total. The van der Waals surface area contributed by atoms with Crippen LogP contribution in [0.2, 0.25) is 0 Å². The molecular formula is C15H22FNO3. The Balaban J connectivity index is 2.22. The minimum Gasteiger partial charge on any atom is -0.389 e. The number of halogens is 1. The van der Waals surface area contributed by atoms with Crippen molar-refractivity contribution >= 4 is 5.91 Å². The van der Waals surface area contributed by atoms with Crippen molar-refractivity contribution in [2.75, 3.05) is 19.8 Å². The molecular weight excluding hydrogens is 261 g/mol. The molecule has 112 valence electrons. The Labute approximate surface area is 119 Å². The molecule has 0 aliphatic carbocycles. The van der Waals surface area contributed by atoms with E-state index < -0.39 is 6.10 Å². The maximum absolute atomic E-state index is 12.9. The first kappa shape index (κ1) is 16.6. The number of amides is 1. The van der Waals surface area contributed by atoms with Crippen molar-refractivity contribution in [3.8, 4) is 0 Å². The molecule has 0 radical (unpaired) electrons. The molecule has 0 aliphatic heterocycles. The fourth-order valence-electron chi connectivity index (χ4n) is 1.63. The second-order valence-electron chi connectivity index (χ2n) is 5.20. The fraction of sp³-hybridized carbons (Fsp3) is 0.533. The Kier molecular flexibility index (Phi) is 7.18. The van der Waals surface area contributed by atoms with Crippen LogP contribution in [0, 0.1) is 11.7 Å². The van der Waals surface area contributed by atoms with E-state index in [9.17, 15) is 14.3 Å². The molecule has 0 spiro atoms. The summed E-state index contributed by atoms with van der Waals surface area (Å²) in [5.41, 5.74) is 0.605. The van der Waals surface area contributed by atoms with Crippen LogP contribution in [-0.2, 0) is 16.0 Å². The Morgan fingerprint density at radius 2 is 2.15 bits per heavy atom. The van der Waals surface area contributed by atoms with Crippen LogP contribution >= 0.6 is 0 Å². The van der Waals surface area contributed by atoms with Crippen LogP contribution in [0.4, 0.5) is 4.39 Å². The molecule has 2 N–H and O–H groups in total. The van der Waals surface area contributed by atoms with Gasteiger partial charge >= 0.3 is 0 Å². The van der Waals surface area contributed by atoms with Crippen molar-refractivity contribution in [1.29, 1.82) is 0 Å². The van der Waals surface area contributed by atoms with E-state index in [0.717, 1.165) is 0 Å². The van der Waals surface area contributed by atoms with E-state index in [-0.39, 0.29) is 31.3 Å². The predicted molar refractivity (Wildman–Crippen MR) is 74.8 cm³/mol. The summed E-state index contributed by atoms with van der Waals surface area (Å²) in [6.45, 7) is 4.94. The largest absolute Gasteiger partial charge is 0.389 e. The van der Waals surface area contributed by atoms with Crippen molar-refractivity contribution in [2.24, 2.45) is 5.92 Å². The van der Waals surface area contributed by atoms with E-state index in [0.29, 0.717) is 18.1 Å². The number of benzene rings is 1. The van der Waals surface area contributed by atoms with E-state index in [1.54, 1.807) is 12.1 Å². The summed E-state index contributed by atoms with van der Waals surface area (Å²) in [5, 5.41) is 12.2. The van der Waals surface area contributed by atoms with Crippen molar-refractivity contribution in [3.63, 3.8) is 0 Å². The minimum atomic E-state index is -0.731. The predicted octanol–water partition coefficient (Wildman–Crippen LogP) is 1.52. The molecule has 5 heteroatoms. The number of aliphatic hydroxyl groups is 1. The highest BCUT2D eigenvalue weighted by Gasteiger charge is 2.09. The summed E-state index contributed by atoms with van der Waals surface area (Å²) in [7, 11) is 0. The van der Waals surface area contributed by atoms with Gasteiger partial charge in [-0.1, -0.05) is 26.0 Å². The number of carbonyl (C=O) groups is 1. The standard InChI is InChI=1S/C15H22FNO3/c1-11(2)9-20-10-14(18)8-17-15(19)7-12-4-3-5-13(16)6-12/h3-6,11,14,18H,7-10H2,1-2H3,(H,17,19). The summed E-state index contributed by atoms with van der Waals surface area (Å²) >= 11 is 0. The smallest absolute Gasteiger partial charge is 0.224 e. The van der Waals surface area contributed by atoms with Gasteiger partial charge in [-0.15, -0.1) is 0 Å². The van der Waals surface area contributed by atoms with Crippen molar-refractivity contribution in [3.05, 3.63) is 35.6 Å². The van der Waals surface area contributed by atoms with Crippen molar-refractivity contribution < 1.29 is 19.0 Å². The maximum Gasteiger partial charge on any atom is 0.224 e.